The van der Waals surface area contributed by atoms with Gasteiger partial charge in [0.1, 0.15) is 12.2 Å². The smallest absolute Gasteiger partial charge is 0.254 e. The van der Waals surface area contributed by atoms with Gasteiger partial charge in [0.15, 0.2) is 5.84 Å². The second kappa shape index (κ2) is 6.55. The molecule has 0 bridgehead atoms. The van der Waals surface area contributed by atoms with Gasteiger partial charge in [-0.25, -0.2) is 0 Å². The molecule has 0 radical (unpaired) electrons. The molecule has 114 valence electrons. The Labute approximate surface area is 122 Å². The summed E-state index contributed by atoms with van der Waals surface area (Å²) in [5.74, 6) is -0.0864. The number of likely N-dealkylation sites (tertiary alicyclic amines) is 1. The lowest BCUT2D eigenvalue weighted by molar-refractivity contribution is -0.00461. The minimum atomic E-state index is -0.115. The summed E-state index contributed by atoms with van der Waals surface area (Å²) in [4.78, 5) is 14.1. The van der Waals surface area contributed by atoms with E-state index in [4.69, 9.17) is 20.4 Å². The Kier molecular flexibility index (Phi) is 4.77. The molecule has 1 aliphatic rings. The van der Waals surface area contributed by atoms with E-state index >= 15 is 0 Å². The average Bonchev–Trinajstić information content (AvgIpc) is 2.96. The van der Waals surface area contributed by atoms with Gasteiger partial charge in [0.05, 0.1) is 0 Å². The molecule has 7 heteroatoms. The summed E-state index contributed by atoms with van der Waals surface area (Å²) in [6.45, 7) is 0.992. The molecule has 2 atom stereocenters. The molecule has 1 fully saturated rings. The third-order valence-corrected chi connectivity index (χ3v) is 3.64. The lowest BCUT2D eigenvalue weighted by Crippen LogP contribution is -2.30. The first-order valence-corrected chi connectivity index (χ1v) is 6.53. The standard InChI is InChI=1S/C14H19N3O4/c1-20-11-7-17(8-12(11)21-2)14(18)10-5-3-9(4-6-10)13(15)16-19/h3-6,11-12,19H,7-8H2,1-2H3,(H2,15,16). The first-order chi connectivity index (χ1) is 10.1. The van der Waals surface area contributed by atoms with Crippen molar-refractivity contribution in [2.75, 3.05) is 27.3 Å². The van der Waals surface area contributed by atoms with Crippen molar-refractivity contribution in [3.05, 3.63) is 35.4 Å². The van der Waals surface area contributed by atoms with Gasteiger partial charge in [0.2, 0.25) is 0 Å². The molecule has 21 heavy (non-hydrogen) atoms. The molecule has 0 aliphatic carbocycles. The number of hydrogen-bond donors (Lipinski definition) is 2. The molecule has 0 aromatic heterocycles. The predicted octanol–water partition coefficient (Wildman–Crippen LogP) is 0.267. The number of nitrogens with two attached hydrogens (primary N) is 1. The van der Waals surface area contributed by atoms with Gasteiger partial charge in [-0.15, -0.1) is 0 Å². The van der Waals surface area contributed by atoms with Crippen LogP contribution < -0.4 is 5.73 Å². The van der Waals surface area contributed by atoms with Crippen LogP contribution in [0.4, 0.5) is 0 Å². The summed E-state index contributed by atoms with van der Waals surface area (Å²) in [6, 6.07) is 6.58. The topological polar surface area (TPSA) is 97.4 Å². The fourth-order valence-corrected chi connectivity index (χ4v) is 2.39. The highest BCUT2D eigenvalue weighted by Crippen LogP contribution is 2.18. The van der Waals surface area contributed by atoms with Crippen LogP contribution in [0.2, 0.25) is 0 Å². The van der Waals surface area contributed by atoms with E-state index in [0.29, 0.717) is 24.2 Å². The zero-order valence-corrected chi connectivity index (χ0v) is 12.0. The van der Waals surface area contributed by atoms with Crippen LogP contribution >= 0.6 is 0 Å². The van der Waals surface area contributed by atoms with E-state index in [1.54, 1.807) is 43.4 Å². The highest BCUT2D eigenvalue weighted by atomic mass is 16.5. The number of nitrogens with zero attached hydrogens (tertiary/aromatic N) is 2. The molecule has 0 saturated carbocycles. The van der Waals surface area contributed by atoms with Gasteiger partial charge in [0, 0.05) is 38.4 Å². The molecule has 2 rings (SSSR count). The lowest BCUT2D eigenvalue weighted by Gasteiger charge is -2.15. The van der Waals surface area contributed by atoms with Gasteiger partial charge < -0.3 is 25.3 Å². The fourth-order valence-electron chi connectivity index (χ4n) is 2.39. The SMILES string of the molecule is COC1CN(C(=O)c2ccc(/C(N)=N/O)cc2)CC1OC. The molecule has 1 heterocycles. The summed E-state index contributed by atoms with van der Waals surface area (Å²) in [7, 11) is 3.22. The maximum Gasteiger partial charge on any atom is 0.254 e. The van der Waals surface area contributed by atoms with Gasteiger partial charge in [-0.3, -0.25) is 4.79 Å². The van der Waals surface area contributed by atoms with E-state index in [9.17, 15) is 4.79 Å². The van der Waals surface area contributed by atoms with Crippen molar-refractivity contribution in [2.45, 2.75) is 12.2 Å². The third-order valence-electron chi connectivity index (χ3n) is 3.64. The maximum absolute atomic E-state index is 12.4. The molecule has 2 unspecified atom stereocenters. The number of amides is 1. The molecule has 1 aromatic rings. The van der Waals surface area contributed by atoms with Crippen molar-refractivity contribution in [2.24, 2.45) is 10.9 Å². The molecule has 0 spiro atoms. The van der Waals surface area contributed by atoms with Crippen LogP contribution in [0.25, 0.3) is 0 Å². The normalized spacial score (nSPS) is 22.6. The van der Waals surface area contributed by atoms with Crippen LogP contribution in [-0.2, 0) is 9.47 Å². The maximum atomic E-state index is 12.4. The van der Waals surface area contributed by atoms with Crippen LogP contribution in [0.15, 0.2) is 29.4 Å². The number of hydrogen-bond acceptors (Lipinski definition) is 5. The van der Waals surface area contributed by atoms with Crippen LogP contribution in [-0.4, -0.2) is 61.4 Å². The summed E-state index contributed by atoms with van der Waals surface area (Å²) in [6.07, 6.45) is -0.231. The lowest BCUT2D eigenvalue weighted by atomic mass is 10.1. The molecule has 1 amide bonds. The van der Waals surface area contributed by atoms with Crippen molar-refractivity contribution in [1.82, 2.24) is 4.90 Å². The molecular weight excluding hydrogens is 274 g/mol. The third kappa shape index (κ3) is 3.14. The van der Waals surface area contributed by atoms with Gasteiger partial charge in [-0.1, -0.05) is 17.3 Å². The minimum Gasteiger partial charge on any atom is -0.409 e. The van der Waals surface area contributed by atoms with E-state index < -0.39 is 0 Å². The summed E-state index contributed by atoms with van der Waals surface area (Å²) >= 11 is 0. The quantitative estimate of drug-likeness (QED) is 0.359. The van der Waals surface area contributed by atoms with Gasteiger partial charge in [-0.05, 0) is 12.1 Å². The molecular formula is C14H19N3O4. The monoisotopic (exact) mass is 293 g/mol. The number of oxime groups is 1. The van der Waals surface area contributed by atoms with E-state index in [0.717, 1.165) is 0 Å². The summed E-state index contributed by atoms with van der Waals surface area (Å²) in [5.41, 5.74) is 6.58. The number of ether oxygens (including phenoxy) is 2. The number of carbonyl (C=O) groups excluding carboxylic acids is 1. The second-order valence-electron chi connectivity index (χ2n) is 4.82. The Morgan fingerprint density at radius 2 is 1.67 bits per heavy atom. The first-order valence-electron chi connectivity index (χ1n) is 6.53. The minimum absolute atomic E-state index is 0.00839. The molecule has 1 aliphatic heterocycles. The Morgan fingerprint density at radius 3 is 2.10 bits per heavy atom. The number of methoxy groups -OCH3 is 2. The van der Waals surface area contributed by atoms with Gasteiger partial charge in [-0.2, -0.15) is 0 Å². The van der Waals surface area contributed by atoms with Gasteiger partial charge >= 0.3 is 0 Å². The van der Waals surface area contributed by atoms with Crippen molar-refractivity contribution in [3.63, 3.8) is 0 Å². The van der Waals surface area contributed by atoms with Crippen LogP contribution in [0, 0.1) is 0 Å². The van der Waals surface area contributed by atoms with Crippen molar-refractivity contribution in [1.29, 1.82) is 0 Å². The largest absolute Gasteiger partial charge is 0.409 e. The van der Waals surface area contributed by atoms with Crippen LogP contribution in [0.1, 0.15) is 15.9 Å². The zero-order chi connectivity index (χ0) is 15.4. The number of rotatable bonds is 4. The number of amidine groups is 1. The van der Waals surface area contributed by atoms with Crippen molar-refractivity contribution >= 4 is 11.7 Å². The van der Waals surface area contributed by atoms with Crippen LogP contribution in [0.3, 0.4) is 0 Å². The average molecular weight is 293 g/mol. The molecule has 1 saturated heterocycles. The van der Waals surface area contributed by atoms with E-state index in [2.05, 4.69) is 5.16 Å². The Morgan fingerprint density at radius 1 is 1.19 bits per heavy atom. The van der Waals surface area contributed by atoms with E-state index in [1.807, 2.05) is 0 Å². The van der Waals surface area contributed by atoms with Gasteiger partial charge in [0.25, 0.3) is 5.91 Å². The van der Waals surface area contributed by atoms with E-state index in [1.165, 1.54) is 0 Å². The predicted molar refractivity (Wildman–Crippen MR) is 76.5 cm³/mol. The molecule has 1 aromatic carbocycles. The summed E-state index contributed by atoms with van der Waals surface area (Å²) in [5, 5.41) is 11.5. The van der Waals surface area contributed by atoms with Crippen molar-refractivity contribution < 1.29 is 19.5 Å². The van der Waals surface area contributed by atoms with Crippen molar-refractivity contribution in [3.8, 4) is 0 Å². The number of benzene rings is 1. The van der Waals surface area contributed by atoms with E-state index in [-0.39, 0.29) is 24.0 Å². The number of carbonyl (C=O) groups is 1. The van der Waals surface area contributed by atoms with Crippen LogP contribution in [0.5, 0.6) is 0 Å². The Hall–Kier alpha value is -2.12. The Balaban J connectivity index is 2.10. The summed E-state index contributed by atoms with van der Waals surface area (Å²) < 4.78 is 10.6. The molecule has 3 N–H and O–H groups in total. The highest BCUT2D eigenvalue weighted by Gasteiger charge is 2.35. The fraction of sp³-hybridized carbons (Fsp3) is 0.429. The molecule has 7 nitrogen and oxygen atoms in total. The second-order valence-corrected chi connectivity index (χ2v) is 4.82. The first kappa shape index (κ1) is 15.3. The zero-order valence-electron chi connectivity index (χ0n) is 12.0. The highest BCUT2D eigenvalue weighted by molar-refractivity contribution is 5.99. The Bertz CT molecular complexity index is 518.